The van der Waals surface area contributed by atoms with Gasteiger partial charge in [0.25, 0.3) is 0 Å². The van der Waals surface area contributed by atoms with Crippen molar-refractivity contribution < 1.29 is 14.7 Å². The zero-order valence-corrected chi connectivity index (χ0v) is 14.1. The highest BCUT2D eigenvalue weighted by Gasteiger charge is 2.38. The molecule has 2 heterocycles. The van der Waals surface area contributed by atoms with Gasteiger partial charge in [-0.25, -0.2) is 0 Å². The first kappa shape index (κ1) is 16.1. The van der Waals surface area contributed by atoms with Crippen molar-refractivity contribution in [3.63, 3.8) is 0 Å². The molecule has 5 heteroatoms. The van der Waals surface area contributed by atoms with Crippen molar-refractivity contribution in [3.8, 4) is 0 Å². The predicted octanol–water partition coefficient (Wildman–Crippen LogP) is 2.18. The smallest absolute Gasteiger partial charge is 0.228 e. The van der Waals surface area contributed by atoms with Gasteiger partial charge >= 0.3 is 0 Å². The van der Waals surface area contributed by atoms with E-state index in [2.05, 4.69) is 0 Å². The lowest BCUT2D eigenvalue weighted by atomic mass is 10.0. The van der Waals surface area contributed by atoms with Crippen LogP contribution in [0.5, 0.6) is 0 Å². The first-order chi connectivity index (χ1) is 12.1. The minimum absolute atomic E-state index is 0.00625. The van der Waals surface area contributed by atoms with Crippen molar-refractivity contribution in [2.75, 3.05) is 24.5 Å². The van der Waals surface area contributed by atoms with Crippen molar-refractivity contribution in [2.24, 2.45) is 5.92 Å². The molecule has 0 saturated carbocycles. The Balaban J connectivity index is 1.55. The lowest BCUT2D eigenvalue weighted by molar-refractivity contribution is -0.137. The second kappa shape index (κ2) is 6.48. The van der Waals surface area contributed by atoms with E-state index in [1.54, 1.807) is 9.80 Å². The van der Waals surface area contributed by atoms with Crippen LogP contribution in [0.4, 0.5) is 5.69 Å². The molecule has 25 heavy (non-hydrogen) atoms. The fraction of sp³-hybridized carbons (Fsp3) is 0.400. The third-order valence-electron chi connectivity index (χ3n) is 5.31. The van der Waals surface area contributed by atoms with Gasteiger partial charge in [0, 0.05) is 31.4 Å². The molecule has 0 radical (unpaired) electrons. The lowest BCUT2D eigenvalue weighted by Gasteiger charge is -2.31. The van der Waals surface area contributed by atoms with Gasteiger partial charge < -0.3 is 14.9 Å². The van der Waals surface area contributed by atoms with Crippen LogP contribution in [0.15, 0.2) is 42.5 Å². The average molecular weight is 338 g/mol. The highest BCUT2D eigenvalue weighted by atomic mass is 16.3. The molecular formula is C20H22N2O3. The Kier molecular flexibility index (Phi) is 4.17. The number of amides is 2. The normalized spacial score (nSPS) is 22.0. The molecule has 2 fully saturated rings. The summed E-state index contributed by atoms with van der Waals surface area (Å²) in [5, 5.41) is 11.7. The van der Waals surface area contributed by atoms with E-state index in [0.717, 1.165) is 16.5 Å². The molecule has 130 valence electrons. The Hall–Kier alpha value is -2.40. The number of fused-ring (bicyclic) bond motifs is 1. The van der Waals surface area contributed by atoms with Gasteiger partial charge in [-0.05, 0) is 24.3 Å². The topological polar surface area (TPSA) is 60.9 Å². The van der Waals surface area contributed by atoms with Crippen LogP contribution in [-0.4, -0.2) is 47.6 Å². The Bertz CT molecular complexity index is 806. The van der Waals surface area contributed by atoms with Gasteiger partial charge in [-0.3, -0.25) is 9.59 Å². The SMILES string of the molecule is O=C(C1CC(=O)N(c2cccc3ccccc23)C1)N1CCC(O)CC1. The molecule has 0 aromatic heterocycles. The average Bonchev–Trinajstić information content (AvgIpc) is 3.03. The van der Waals surface area contributed by atoms with E-state index in [1.807, 2.05) is 42.5 Å². The number of hydrogen-bond acceptors (Lipinski definition) is 3. The molecule has 0 bridgehead atoms. The van der Waals surface area contributed by atoms with Crippen molar-refractivity contribution in [1.29, 1.82) is 0 Å². The second-order valence-corrected chi connectivity index (χ2v) is 6.96. The van der Waals surface area contributed by atoms with Crippen LogP contribution in [0, 0.1) is 5.92 Å². The maximum atomic E-state index is 12.8. The zero-order chi connectivity index (χ0) is 17.4. The number of likely N-dealkylation sites (tertiary alicyclic amines) is 1. The Morgan fingerprint density at radius 2 is 1.76 bits per heavy atom. The number of aliphatic hydroxyl groups excluding tert-OH is 1. The van der Waals surface area contributed by atoms with E-state index in [1.165, 1.54) is 0 Å². The number of nitrogens with zero attached hydrogens (tertiary/aromatic N) is 2. The standard InChI is InChI=1S/C20H22N2O3/c23-16-8-10-21(11-9-16)20(25)15-12-19(24)22(13-15)18-7-3-5-14-4-1-2-6-17(14)18/h1-7,15-16,23H,8-13H2. The molecule has 2 amide bonds. The molecule has 1 N–H and O–H groups in total. The third-order valence-corrected chi connectivity index (χ3v) is 5.31. The summed E-state index contributed by atoms with van der Waals surface area (Å²) < 4.78 is 0. The molecule has 5 nitrogen and oxygen atoms in total. The van der Waals surface area contributed by atoms with Crippen molar-refractivity contribution in [2.45, 2.75) is 25.4 Å². The van der Waals surface area contributed by atoms with Crippen LogP contribution in [0.25, 0.3) is 10.8 Å². The number of piperidine rings is 1. The number of rotatable bonds is 2. The predicted molar refractivity (Wildman–Crippen MR) is 96.2 cm³/mol. The second-order valence-electron chi connectivity index (χ2n) is 6.96. The number of carbonyl (C=O) groups is 2. The fourth-order valence-corrected chi connectivity index (χ4v) is 3.89. The van der Waals surface area contributed by atoms with E-state index < -0.39 is 0 Å². The van der Waals surface area contributed by atoms with Crippen molar-refractivity contribution in [3.05, 3.63) is 42.5 Å². The van der Waals surface area contributed by atoms with Crippen molar-refractivity contribution >= 4 is 28.3 Å². The van der Waals surface area contributed by atoms with Crippen molar-refractivity contribution in [1.82, 2.24) is 4.90 Å². The van der Waals surface area contributed by atoms with Gasteiger partial charge in [0.05, 0.1) is 17.7 Å². The highest BCUT2D eigenvalue weighted by molar-refractivity contribution is 6.06. The number of hydrogen-bond donors (Lipinski definition) is 1. The molecule has 2 aromatic carbocycles. The van der Waals surface area contributed by atoms with Gasteiger partial charge in [-0.2, -0.15) is 0 Å². The van der Waals surface area contributed by atoms with E-state index in [9.17, 15) is 14.7 Å². The third kappa shape index (κ3) is 3.00. The number of carbonyl (C=O) groups excluding carboxylic acids is 2. The van der Waals surface area contributed by atoms with Crippen LogP contribution in [0.1, 0.15) is 19.3 Å². The summed E-state index contributed by atoms with van der Waals surface area (Å²) in [6, 6.07) is 13.9. The van der Waals surface area contributed by atoms with E-state index >= 15 is 0 Å². The maximum Gasteiger partial charge on any atom is 0.228 e. The molecule has 2 aliphatic rings. The van der Waals surface area contributed by atoms with Gasteiger partial charge in [0.15, 0.2) is 0 Å². The summed E-state index contributed by atoms with van der Waals surface area (Å²) in [4.78, 5) is 28.9. The summed E-state index contributed by atoms with van der Waals surface area (Å²) in [7, 11) is 0. The Morgan fingerprint density at radius 1 is 1.04 bits per heavy atom. The Labute approximate surface area is 146 Å². The summed E-state index contributed by atoms with van der Waals surface area (Å²) in [5.74, 6) is -0.239. The summed E-state index contributed by atoms with van der Waals surface area (Å²) in [6.07, 6.45) is 1.21. The van der Waals surface area contributed by atoms with Crippen LogP contribution >= 0.6 is 0 Å². The molecular weight excluding hydrogens is 316 g/mol. The van der Waals surface area contributed by atoms with Gasteiger partial charge in [-0.15, -0.1) is 0 Å². The lowest BCUT2D eigenvalue weighted by Crippen LogP contribution is -2.43. The quantitative estimate of drug-likeness (QED) is 0.913. The molecule has 1 atom stereocenters. The molecule has 2 saturated heterocycles. The highest BCUT2D eigenvalue weighted by Crippen LogP contribution is 2.32. The molecule has 4 rings (SSSR count). The molecule has 1 unspecified atom stereocenters. The molecule has 2 aromatic rings. The Morgan fingerprint density at radius 3 is 2.56 bits per heavy atom. The van der Waals surface area contributed by atoms with Crippen LogP contribution in [-0.2, 0) is 9.59 Å². The zero-order valence-electron chi connectivity index (χ0n) is 14.1. The monoisotopic (exact) mass is 338 g/mol. The van der Waals surface area contributed by atoms with E-state index in [-0.39, 0.29) is 30.3 Å². The first-order valence-electron chi connectivity index (χ1n) is 8.88. The number of aliphatic hydroxyl groups is 1. The minimum Gasteiger partial charge on any atom is -0.393 e. The molecule has 2 aliphatic heterocycles. The number of benzene rings is 2. The summed E-state index contributed by atoms with van der Waals surface area (Å²) in [5.41, 5.74) is 0.882. The van der Waals surface area contributed by atoms with Crippen LogP contribution in [0.3, 0.4) is 0 Å². The fourth-order valence-electron chi connectivity index (χ4n) is 3.89. The number of anilines is 1. The largest absolute Gasteiger partial charge is 0.393 e. The first-order valence-corrected chi connectivity index (χ1v) is 8.88. The maximum absolute atomic E-state index is 12.8. The summed E-state index contributed by atoms with van der Waals surface area (Å²) >= 11 is 0. The minimum atomic E-state index is -0.304. The molecule has 0 aliphatic carbocycles. The van der Waals surface area contributed by atoms with Gasteiger partial charge in [0.2, 0.25) is 11.8 Å². The van der Waals surface area contributed by atoms with E-state index in [0.29, 0.717) is 32.5 Å². The van der Waals surface area contributed by atoms with Gasteiger partial charge in [0.1, 0.15) is 0 Å². The summed E-state index contributed by atoms with van der Waals surface area (Å²) in [6.45, 7) is 1.60. The molecule has 0 spiro atoms. The van der Waals surface area contributed by atoms with Crippen LogP contribution in [0.2, 0.25) is 0 Å². The van der Waals surface area contributed by atoms with E-state index in [4.69, 9.17) is 0 Å². The van der Waals surface area contributed by atoms with Gasteiger partial charge in [-0.1, -0.05) is 36.4 Å². The van der Waals surface area contributed by atoms with Crippen LogP contribution < -0.4 is 4.90 Å².